The van der Waals surface area contributed by atoms with E-state index in [0.29, 0.717) is 16.5 Å². The molecule has 0 saturated carbocycles. The fourth-order valence-electron chi connectivity index (χ4n) is 1.72. The van der Waals surface area contributed by atoms with E-state index in [-0.39, 0.29) is 5.69 Å². The summed E-state index contributed by atoms with van der Waals surface area (Å²) in [6.07, 6.45) is 0. The van der Waals surface area contributed by atoms with Gasteiger partial charge in [0.1, 0.15) is 16.9 Å². The van der Waals surface area contributed by atoms with E-state index in [0.717, 1.165) is 0 Å². The molecule has 0 atom stereocenters. The number of hydrogen-bond donors (Lipinski definition) is 1. The van der Waals surface area contributed by atoms with Crippen LogP contribution in [0.4, 0.5) is 4.39 Å². The second-order valence-electron chi connectivity index (χ2n) is 4.56. The lowest BCUT2D eigenvalue weighted by Crippen LogP contribution is -2.29. The first-order valence-corrected chi connectivity index (χ1v) is 5.13. The molecule has 0 aliphatic rings. The quantitative estimate of drug-likeness (QED) is 0.872. The number of rotatable bonds is 2. The molecule has 1 N–H and O–H groups in total. The van der Waals surface area contributed by atoms with Crippen LogP contribution < -0.4 is 0 Å². The van der Waals surface area contributed by atoms with Gasteiger partial charge in [-0.25, -0.2) is 4.39 Å². The van der Waals surface area contributed by atoms with E-state index in [4.69, 9.17) is 9.63 Å². The van der Waals surface area contributed by atoms with Gasteiger partial charge in [-0.2, -0.15) is 0 Å². The largest absolute Gasteiger partial charge is 0.481 e. The zero-order valence-corrected chi connectivity index (χ0v) is 9.74. The number of nitrogens with zero attached hydrogens (tertiary/aromatic N) is 1. The molecule has 0 aliphatic carbocycles. The summed E-state index contributed by atoms with van der Waals surface area (Å²) in [5, 5.41) is 13.3. The van der Waals surface area contributed by atoms with Crippen molar-refractivity contribution in [3.8, 4) is 0 Å². The molecule has 0 fully saturated rings. The van der Waals surface area contributed by atoms with Crippen LogP contribution in [0.25, 0.3) is 11.0 Å². The summed E-state index contributed by atoms with van der Waals surface area (Å²) in [7, 11) is 0. The van der Waals surface area contributed by atoms with Crippen molar-refractivity contribution in [2.45, 2.75) is 26.2 Å². The number of carboxylic acids is 1. The van der Waals surface area contributed by atoms with E-state index < -0.39 is 17.2 Å². The average molecular weight is 237 g/mol. The molecule has 1 aromatic carbocycles. The van der Waals surface area contributed by atoms with Gasteiger partial charge in [0.25, 0.3) is 0 Å². The molecule has 17 heavy (non-hydrogen) atoms. The molecule has 0 amide bonds. The van der Waals surface area contributed by atoms with Gasteiger partial charge in [-0.1, -0.05) is 5.16 Å². The number of aryl methyl sites for hydroxylation is 1. The van der Waals surface area contributed by atoms with Crippen LogP contribution in [0.5, 0.6) is 0 Å². The second-order valence-corrected chi connectivity index (χ2v) is 4.56. The molecule has 1 aromatic heterocycles. The van der Waals surface area contributed by atoms with E-state index in [1.165, 1.54) is 26.0 Å². The fraction of sp³-hybridized carbons (Fsp3) is 0.333. The first kappa shape index (κ1) is 11.6. The van der Waals surface area contributed by atoms with Gasteiger partial charge in [0.2, 0.25) is 0 Å². The Kier molecular flexibility index (Phi) is 2.41. The Morgan fingerprint density at radius 1 is 1.47 bits per heavy atom. The lowest BCUT2D eigenvalue weighted by Gasteiger charge is -2.15. The van der Waals surface area contributed by atoms with Crippen LogP contribution in [0.3, 0.4) is 0 Å². The van der Waals surface area contributed by atoms with Crippen molar-refractivity contribution >= 4 is 16.9 Å². The van der Waals surface area contributed by atoms with Crippen molar-refractivity contribution in [3.63, 3.8) is 0 Å². The molecule has 0 spiro atoms. The third-order valence-corrected chi connectivity index (χ3v) is 2.85. The van der Waals surface area contributed by atoms with Gasteiger partial charge in [0, 0.05) is 5.39 Å². The number of fused-ring (bicyclic) bond motifs is 1. The molecule has 1 heterocycles. The number of carboxylic acid groups (broad SMARTS) is 1. The van der Waals surface area contributed by atoms with Crippen molar-refractivity contribution in [2.75, 3.05) is 0 Å². The third kappa shape index (κ3) is 1.67. The van der Waals surface area contributed by atoms with Crippen LogP contribution >= 0.6 is 0 Å². The molecule has 4 nitrogen and oxygen atoms in total. The summed E-state index contributed by atoms with van der Waals surface area (Å²) >= 11 is 0. The molecule has 2 aromatic rings. The molecule has 90 valence electrons. The first-order valence-electron chi connectivity index (χ1n) is 5.13. The van der Waals surface area contributed by atoms with Crippen LogP contribution in [0.1, 0.15) is 25.1 Å². The maximum atomic E-state index is 13.3. The SMILES string of the molecule is Cc1cc(F)cc2c(C(C)(C)C(=O)O)noc12. The third-order valence-electron chi connectivity index (χ3n) is 2.85. The molecular formula is C12H12FNO3. The van der Waals surface area contributed by atoms with Crippen molar-refractivity contribution in [2.24, 2.45) is 0 Å². The Hall–Kier alpha value is -1.91. The predicted octanol–water partition coefficient (Wildman–Crippen LogP) is 2.64. The van der Waals surface area contributed by atoms with Crippen LogP contribution in [0, 0.1) is 12.7 Å². The topological polar surface area (TPSA) is 63.3 Å². The molecule has 0 radical (unpaired) electrons. The number of halogens is 1. The minimum Gasteiger partial charge on any atom is -0.481 e. The van der Waals surface area contributed by atoms with Crippen LogP contribution in [-0.4, -0.2) is 16.2 Å². The van der Waals surface area contributed by atoms with Gasteiger partial charge in [0.15, 0.2) is 5.58 Å². The van der Waals surface area contributed by atoms with E-state index >= 15 is 0 Å². The van der Waals surface area contributed by atoms with Crippen molar-refractivity contribution < 1.29 is 18.8 Å². The summed E-state index contributed by atoms with van der Waals surface area (Å²) in [4.78, 5) is 11.2. The van der Waals surface area contributed by atoms with E-state index in [9.17, 15) is 9.18 Å². The van der Waals surface area contributed by atoms with E-state index in [2.05, 4.69) is 5.16 Å². The minimum atomic E-state index is -1.22. The van der Waals surface area contributed by atoms with E-state index in [1.54, 1.807) is 6.92 Å². The smallest absolute Gasteiger partial charge is 0.315 e. The van der Waals surface area contributed by atoms with Gasteiger partial charge in [-0.15, -0.1) is 0 Å². The summed E-state index contributed by atoms with van der Waals surface area (Å²) in [6, 6.07) is 2.57. The summed E-state index contributed by atoms with van der Waals surface area (Å²) in [5.74, 6) is -1.46. The second kappa shape index (κ2) is 3.55. The Balaban J connectivity index is 2.77. The van der Waals surface area contributed by atoms with Crippen molar-refractivity contribution in [1.29, 1.82) is 0 Å². The van der Waals surface area contributed by atoms with Crippen LogP contribution in [0.2, 0.25) is 0 Å². The molecule has 2 rings (SSSR count). The Morgan fingerprint density at radius 2 is 2.12 bits per heavy atom. The zero-order valence-electron chi connectivity index (χ0n) is 9.74. The maximum Gasteiger partial charge on any atom is 0.315 e. The molecule has 0 unspecified atom stereocenters. The first-order chi connectivity index (χ1) is 7.84. The Labute approximate surface area is 97.0 Å². The fourth-order valence-corrected chi connectivity index (χ4v) is 1.72. The summed E-state index contributed by atoms with van der Waals surface area (Å²) < 4.78 is 18.4. The number of carbonyl (C=O) groups is 1. The molecule has 5 heteroatoms. The number of hydrogen-bond acceptors (Lipinski definition) is 3. The highest BCUT2D eigenvalue weighted by molar-refractivity contribution is 5.90. The van der Waals surface area contributed by atoms with Gasteiger partial charge in [-0.05, 0) is 38.5 Å². The monoisotopic (exact) mass is 237 g/mol. The van der Waals surface area contributed by atoms with Gasteiger partial charge < -0.3 is 9.63 Å². The lowest BCUT2D eigenvalue weighted by molar-refractivity contribution is -0.142. The molecule has 0 bridgehead atoms. The standard InChI is InChI=1S/C12H12FNO3/c1-6-4-7(13)5-8-9(6)17-14-10(8)12(2,3)11(15)16/h4-5H,1-3H3,(H,15,16). The van der Waals surface area contributed by atoms with Gasteiger partial charge >= 0.3 is 5.97 Å². The normalized spacial score (nSPS) is 12.0. The zero-order chi connectivity index (χ0) is 12.8. The highest BCUT2D eigenvalue weighted by Gasteiger charge is 2.35. The van der Waals surface area contributed by atoms with Crippen LogP contribution in [-0.2, 0) is 10.2 Å². The highest BCUT2D eigenvalue weighted by Crippen LogP contribution is 2.31. The molecule has 0 saturated heterocycles. The molecule has 0 aliphatic heterocycles. The van der Waals surface area contributed by atoms with Crippen molar-refractivity contribution in [1.82, 2.24) is 5.16 Å². The highest BCUT2D eigenvalue weighted by atomic mass is 19.1. The number of benzene rings is 1. The average Bonchev–Trinajstić information content (AvgIpc) is 2.61. The number of aliphatic carboxylic acids is 1. The molecular weight excluding hydrogens is 225 g/mol. The summed E-state index contributed by atoms with van der Waals surface area (Å²) in [6.45, 7) is 4.70. The Morgan fingerprint density at radius 3 is 2.71 bits per heavy atom. The predicted molar refractivity (Wildman–Crippen MR) is 59.4 cm³/mol. The summed E-state index contributed by atoms with van der Waals surface area (Å²) in [5.41, 5.74) is 0.0455. The van der Waals surface area contributed by atoms with E-state index in [1.807, 2.05) is 0 Å². The van der Waals surface area contributed by atoms with Gasteiger partial charge in [-0.3, -0.25) is 4.79 Å². The minimum absolute atomic E-state index is 0.239. The lowest BCUT2D eigenvalue weighted by atomic mass is 9.87. The number of aromatic nitrogens is 1. The maximum absolute atomic E-state index is 13.3. The van der Waals surface area contributed by atoms with Crippen molar-refractivity contribution in [3.05, 3.63) is 29.2 Å². The Bertz CT molecular complexity index is 601. The van der Waals surface area contributed by atoms with Crippen LogP contribution in [0.15, 0.2) is 16.7 Å². The van der Waals surface area contributed by atoms with Gasteiger partial charge in [0.05, 0.1) is 0 Å².